The van der Waals surface area contributed by atoms with Crippen molar-refractivity contribution < 1.29 is 13.9 Å². The van der Waals surface area contributed by atoms with E-state index in [1.54, 1.807) is 0 Å². The van der Waals surface area contributed by atoms with E-state index in [2.05, 4.69) is 15.9 Å². The molecule has 20 heavy (non-hydrogen) atoms. The SMILES string of the molecule is Cc1ccc(C)c(C(=O)COc2ccc(F)cc2Br)c1. The maximum atomic E-state index is 13.0. The molecule has 0 fully saturated rings. The van der Waals surface area contributed by atoms with Crippen molar-refractivity contribution >= 4 is 21.7 Å². The summed E-state index contributed by atoms with van der Waals surface area (Å²) in [7, 11) is 0. The minimum atomic E-state index is -0.356. The van der Waals surface area contributed by atoms with Gasteiger partial charge in [0.15, 0.2) is 12.4 Å². The second kappa shape index (κ2) is 6.18. The van der Waals surface area contributed by atoms with Gasteiger partial charge in [0.1, 0.15) is 11.6 Å². The molecule has 0 N–H and O–H groups in total. The van der Waals surface area contributed by atoms with Crippen molar-refractivity contribution in [3.63, 3.8) is 0 Å². The Bertz CT molecular complexity index is 653. The van der Waals surface area contributed by atoms with Gasteiger partial charge in [0.25, 0.3) is 0 Å². The van der Waals surface area contributed by atoms with Crippen LogP contribution in [-0.2, 0) is 0 Å². The number of aryl methyl sites for hydroxylation is 2. The van der Waals surface area contributed by atoms with Crippen molar-refractivity contribution in [1.29, 1.82) is 0 Å². The quantitative estimate of drug-likeness (QED) is 0.770. The zero-order valence-electron chi connectivity index (χ0n) is 11.2. The molecule has 2 aromatic carbocycles. The van der Waals surface area contributed by atoms with E-state index in [0.717, 1.165) is 11.1 Å². The van der Waals surface area contributed by atoms with E-state index in [1.807, 2.05) is 32.0 Å². The molecule has 2 nitrogen and oxygen atoms in total. The van der Waals surface area contributed by atoms with Crippen LogP contribution in [0, 0.1) is 19.7 Å². The van der Waals surface area contributed by atoms with Gasteiger partial charge < -0.3 is 4.74 Å². The molecule has 2 rings (SSSR count). The summed E-state index contributed by atoms with van der Waals surface area (Å²) in [6, 6.07) is 9.82. The van der Waals surface area contributed by atoms with E-state index in [1.165, 1.54) is 18.2 Å². The van der Waals surface area contributed by atoms with Crippen LogP contribution in [0.25, 0.3) is 0 Å². The Hall–Kier alpha value is -1.68. The number of ketones is 1. The van der Waals surface area contributed by atoms with E-state index in [0.29, 0.717) is 15.8 Å². The van der Waals surface area contributed by atoms with Crippen LogP contribution in [0.15, 0.2) is 40.9 Å². The summed E-state index contributed by atoms with van der Waals surface area (Å²) in [5, 5.41) is 0. The second-order valence-electron chi connectivity index (χ2n) is 4.60. The lowest BCUT2D eigenvalue weighted by Gasteiger charge is -2.09. The molecule has 0 heterocycles. The molecule has 0 amide bonds. The van der Waals surface area contributed by atoms with Gasteiger partial charge in [-0.2, -0.15) is 0 Å². The molecule has 0 spiro atoms. The molecule has 104 valence electrons. The zero-order valence-corrected chi connectivity index (χ0v) is 12.8. The molecule has 0 radical (unpaired) electrons. The molecule has 0 bridgehead atoms. The topological polar surface area (TPSA) is 26.3 Å². The highest BCUT2D eigenvalue weighted by atomic mass is 79.9. The Balaban J connectivity index is 2.10. The predicted molar refractivity (Wildman–Crippen MR) is 79.8 cm³/mol. The number of rotatable bonds is 4. The molecule has 0 saturated heterocycles. The molecule has 2 aromatic rings. The highest BCUT2D eigenvalue weighted by molar-refractivity contribution is 9.10. The smallest absolute Gasteiger partial charge is 0.200 e. The van der Waals surface area contributed by atoms with Gasteiger partial charge in [-0.1, -0.05) is 17.7 Å². The number of carbonyl (C=O) groups is 1. The largest absolute Gasteiger partial charge is 0.484 e. The van der Waals surface area contributed by atoms with Crippen molar-refractivity contribution in [3.8, 4) is 5.75 Å². The van der Waals surface area contributed by atoms with E-state index in [4.69, 9.17) is 4.74 Å². The van der Waals surface area contributed by atoms with Gasteiger partial charge in [-0.15, -0.1) is 0 Å². The number of Topliss-reactive ketones (excluding diaryl/α,β-unsaturated/α-hetero) is 1. The number of halogens is 2. The zero-order chi connectivity index (χ0) is 14.7. The first-order valence-electron chi connectivity index (χ1n) is 6.15. The Labute approximate surface area is 125 Å². The van der Waals surface area contributed by atoms with Crippen LogP contribution in [0.4, 0.5) is 4.39 Å². The third kappa shape index (κ3) is 3.45. The molecule has 0 atom stereocenters. The van der Waals surface area contributed by atoms with Crippen molar-refractivity contribution in [3.05, 3.63) is 63.4 Å². The Kier molecular flexibility index (Phi) is 4.55. The average Bonchev–Trinajstić information content (AvgIpc) is 2.40. The van der Waals surface area contributed by atoms with Crippen LogP contribution in [0.3, 0.4) is 0 Å². The summed E-state index contributed by atoms with van der Waals surface area (Å²) in [6.45, 7) is 3.75. The van der Waals surface area contributed by atoms with Crippen LogP contribution < -0.4 is 4.74 Å². The predicted octanol–water partition coefficient (Wildman–Crippen LogP) is 4.47. The fourth-order valence-corrected chi connectivity index (χ4v) is 2.31. The number of hydrogen-bond donors (Lipinski definition) is 0. The monoisotopic (exact) mass is 336 g/mol. The number of carbonyl (C=O) groups excluding carboxylic acids is 1. The fraction of sp³-hybridized carbons (Fsp3) is 0.188. The summed E-state index contributed by atoms with van der Waals surface area (Å²) >= 11 is 3.20. The summed E-state index contributed by atoms with van der Waals surface area (Å²) < 4.78 is 18.9. The molecule has 0 aliphatic rings. The van der Waals surface area contributed by atoms with Crippen molar-refractivity contribution in [2.75, 3.05) is 6.61 Å². The van der Waals surface area contributed by atoms with Crippen molar-refractivity contribution in [2.45, 2.75) is 13.8 Å². The van der Waals surface area contributed by atoms with Gasteiger partial charge in [0.2, 0.25) is 0 Å². The summed E-state index contributed by atoms with van der Waals surface area (Å²) in [5.74, 6) is -0.00226. The van der Waals surface area contributed by atoms with E-state index in [9.17, 15) is 9.18 Å². The first-order valence-corrected chi connectivity index (χ1v) is 6.95. The van der Waals surface area contributed by atoms with Gasteiger partial charge in [-0.3, -0.25) is 4.79 Å². The van der Waals surface area contributed by atoms with E-state index < -0.39 is 0 Å². The van der Waals surface area contributed by atoms with Crippen LogP contribution in [0.2, 0.25) is 0 Å². The van der Waals surface area contributed by atoms with Gasteiger partial charge >= 0.3 is 0 Å². The van der Waals surface area contributed by atoms with E-state index in [-0.39, 0.29) is 18.2 Å². The Morgan fingerprint density at radius 1 is 1.20 bits per heavy atom. The molecule has 0 saturated carbocycles. The number of ether oxygens (including phenoxy) is 1. The highest BCUT2D eigenvalue weighted by Crippen LogP contribution is 2.25. The first-order chi connectivity index (χ1) is 9.47. The van der Waals surface area contributed by atoms with Gasteiger partial charge in [-0.25, -0.2) is 4.39 Å². The fourth-order valence-electron chi connectivity index (χ4n) is 1.85. The van der Waals surface area contributed by atoms with Crippen LogP contribution in [-0.4, -0.2) is 12.4 Å². The molecular weight excluding hydrogens is 323 g/mol. The summed E-state index contributed by atoms with van der Waals surface area (Å²) in [5.41, 5.74) is 2.60. The van der Waals surface area contributed by atoms with Crippen molar-refractivity contribution in [1.82, 2.24) is 0 Å². The third-order valence-corrected chi connectivity index (χ3v) is 3.57. The third-order valence-electron chi connectivity index (χ3n) is 2.95. The molecule has 0 aromatic heterocycles. The lowest BCUT2D eigenvalue weighted by atomic mass is 10.0. The van der Waals surface area contributed by atoms with Crippen molar-refractivity contribution in [2.24, 2.45) is 0 Å². The van der Waals surface area contributed by atoms with Gasteiger partial charge in [0.05, 0.1) is 4.47 Å². The molecule has 4 heteroatoms. The minimum absolute atomic E-state index is 0.0749. The molecule has 0 aliphatic carbocycles. The normalized spacial score (nSPS) is 10.4. The van der Waals surface area contributed by atoms with Gasteiger partial charge in [0, 0.05) is 5.56 Å². The highest BCUT2D eigenvalue weighted by Gasteiger charge is 2.11. The summed E-state index contributed by atoms with van der Waals surface area (Å²) in [4.78, 5) is 12.2. The van der Waals surface area contributed by atoms with E-state index >= 15 is 0 Å². The second-order valence-corrected chi connectivity index (χ2v) is 5.46. The maximum Gasteiger partial charge on any atom is 0.200 e. The van der Waals surface area contributed by atoms with Crippen LogP contribution >= 0.6 is 15.9 Å². The van der Waals surface area contributed by atoms with Crippen LogP contribution in [0.1, 0.15) is 21.5 Å². The minimum Gasteiger partial charge on any atom is -0.484 e. The standard InChI is InChI=1S/C16H14BrFO2/c1-10-3-4-11(2)13(7-10)15(19)9-20-16-6-5-12(18)8-14(16)17/h3-8H,9H2,1-2H3. The average molecular weight is 337 g/mol. The maximum absolute atomic E-state index is 13.0. The summed E-state index contributed by atoms with van der Waals surface area (Å²) in [6.07, 6.45) is 0. The molecular formula is C16H14BrFO2. The number of hydrogen-bond acceptors (Lipinski definition) is 2. The Morgan fingerprint density at radius 2 is 1.95 bits per heavy atom. The lowest BCUT2D eigenvalue weighted by Crippen LogP contribution is -2.13. The van der Waals surface area contributed by atoms with Crippen LogP contribution in [0.5, 0.6) is 5.75 Å². The lowest BCUT2D eigenvalue weighted by molar-refractivity contribution is 0.0920. The number of benzene rings is 2. The van der Waals surface area contributed by atoms with Gasteiger partial charge in [-0.05, 0) is 59.6 Å². The first kappa shape index (κ1) is 14.7. The Morgan fingerprint density at radius 3 is 2.65 bits per heavy atom. The molecule has 0 unspecified atom stereocenters. The molecule has 0 aliphatic heterocycles.